The van der Waals surface area contributed by atoms with Gasteiger partial charge in [-0.05, 0) is 205 Å². The molecule has 0 aliphatic carbocycles. The molecule has 646 valence electrons. The second-order valence-electron chi connectivity index (χ2n) is 35.0. The minimum Gasteiger partial charge on any atom is -0.264 e. The van der Waals surface area contributed by atoms with Crippen LogP contribution >= 0.6 is 0 Å². The summed E-state index contributed by atoms with van der Waals surface area (Å²) < 4.78 is 0. The van der Waals surface area contributed by atoms with E-state index in [0.29, 0.717) is 0 Å². The lowest BCUT2D eigenvalue weighted by Gasteiger charge is -2.18. The Morgan fingerprint density at radius 3 is 0.688 bits per heavy atom. The summed E-state index contributed by atoms with van der Waals surface area (Å²) in [5.74, 6) is 0. The summed E-state index contributed by atoms with van der Waals surface area (Å²) in [7, 11) is 0. The first-order chi connectivity index (χ1) is 68.3. The smallest absolute Gasteiger partial charge is 0.0973 e. The molecule has 0 saturated heterocycles. The molecule has 26 aromatic rings. The van der Waals surface area contributed by atoms with Gasteiger partial charge in [0, 0.05) is 92.3 Å². The lowest BCUT2D eigenvalue weighted by molar-refractivity contribution is 1.20. The maximum Gasteiger partial charge on any atom is 0.0973 e. The van der Waals surface area contributed by atoms with E-state index >= 15 is 0 Å². The maximum atomic E-state index is 5.15. The maximum absolute atomic E-state index is 5.15. The average molecular weight is 1760 g/mol. The van der Waals surface area contributed by atoms with Gasteiger partial charge in [0.2, 0.25) is 0 Å². The summed E-state index contributed by atoms with van der Waals surface area (Å²) in [6.45, 7) is 4.12. The number of benzene rings is 20. The highest BCUT2D eigenvalue weighted by Crippen LogP contribution is 2.50. The Hall–Kier alpha value is -18.3. The van der Waals surface area contributed by atoms with E-state index in [9.17, 15) is 0 Å². The van der Waals surface area contributed by atoms with E-state index in [2.05, 4.69) is 351 Å². The molecule has 6 aromatic heterocycles. The second-order valence-corrected chi connectivity index (χ2v) is 35.0. The molecule has 6 heterocycles. The van der Waals surface area contributed by atoms with Gasteiger partial charge in [-0.2, -0.15) is 0 Å². The molecule has 0 fully saturated rings. The zero-order valence-electron chi connectivity index (χ0n) is 75.6. The Kier molecular flexibility index (Phi) is 21.6. The van der Waals surface area contributed by atoms with Gasteiger partial charge in [-0.1, -0.05) is 394 Å². The van der Waals surface area contributed by atoms with Crippen molar-refractivity contribution in [3.8, 4) is 145 Å². The monoisotopic (exact) mass is 1760 g/mol. The summed E-state index contributed by atoms with van der Waals surface area (Å²) in [6, 6.07) is 158. The molecule has 0 amide bonds. The molecule has 0 radical (unpaired) electrons. The van der Waals surface area contributed by atoms with Crippen LogP contribution in [0.2, 0.25) is 0 Å². The number of rotatable bonds is 13. The number of aryl methyl sites for hydroxylation is 2. The predicted octanol–water partition coefficient (Wildman–Crippen LogP) is 33.4. The van der Waals surface area contributed by atoms with E-state index < -0.39 is 0 Å². The van der Waals surface area contributed by atoms with Crippen LogP contribution in [0.15, 0.2) is 480 Å². The van der Waals surface area contributed by atoms with E-state index in [0.717, 1.165) is 140 Å². The molecule has 0 atom stereocenters. The summed E-state index contributed by atoms with van der Waals surface area (Å²) in [4.78, 5) is 44.5. The minimum absolute atomic E-state index is 0.875. The lowest BCUT2D eigenvalue weighted by Crippen LogP contribution is -1.95. The van der Waals surface area contributed by atoms with Crippen molar-refractivity contribution in [1.82, 2.24) is 44.9 Å². The molecule has 0 unspecified atom stereocenters. The van der Waals surface area contributed by atoms with Crippen LogP contribution in [0.3, 0.4) is 0 Å². The van der Waals surface area contributed by atoms with Crippen LogP contribution in [0.5, 0.6) is 0 Å². The van der Waals surface area contributed by atoms with Crippen molar-refractivity contribution in [3.05, 3.63) is 491 Å². The zero-order valence-corrected chi connectivity index (χ0v) is 75.6. The van der Waals surface area contributed by atoms with Gasteiger partial charge in [-0.25, -0.2) is 29.9 Å². The molecule has 0 N–H and O–H groups in total. The molecular weight excluding hydrogens is 1680 g/mol. The third-order valence-electron chi connectivity index (χ3n) is 26.5. The van der Waals surface area contributed by atoms with E-state index in [1.807, 2.05) is 153 Å². The highest BCUT2D eigenvalue weighted by molar-refractivity contribution is 6.25. The fourth-order valence-corrected chi connectivity index (χ4v) is 20.1. The van der Waals surface area contributed by atoms with Crippen LogP contribution in [-0.4, -0.2) is 44.9 Å². The van der Waals surface area contributed by atoms with Crippen LogP contribution in [0.4, 0.5) is 0 Å². The molecule has 0 spiro atoms. The van der Waals surface area contributed by atoms with Gasteiger partial charge in [-0.15, -0.1) is 0 Å². The summed E-state index contributed by atoms with van der Waals surface area (Å²) in [5.41, 5.74) is 35.5. The van der Waals surface area contributed by atoms with Crippen molar-refractivity contribution in [2.24, 2.45) is 0 Å². The number of aromatic nitrogens is 9. The summed E-state index contributed by atoms with van der Waals surface area (Å²) in [6.07, 6.45) is 9.87. The zero-order chi connectivity index (χ0) is 91.9. The average Bonchev–Trinajstić information content (AvgIpc) is 0.736. The van der Waals surface area contributed by atoms with Gasteiger partial charge in [0.05, 0.1) is 67.3 Å². The molecule has 0 aliphatic heterocycles. The predicted molar refractivity (Wildman–Crippen MR) is 575 cm³/mol. The van der Waals surface area contributed by atoms with Crippen molar-refractivity contribution >= 4 is 109 Å². The standard InChI is InChI=1S/C49H31N3.2C40H27N3/c1-2-14-34(15-3-1)48-49(52-45-24-11-10-23-44(45)51-48)35-27-25-33(26-28-35)46-40-18-6-8-20-42(40)47(43-21-9-7-19-41(43)46)37-29-36(30-50-31-37)39-22-12-16-32-13-4-5-17-38(32)39;1-26-23-30(25-41-24-26)38-33-15-7-5-13-31(33)37(32-14-6-8-16-34(32)38)27-19-21-29(22-20-27)40-39(28-11-3-2-4-12-28)42-35-17-9-10-18-36(35)43-40;1-26-19-20-30(25-41-26)38-33-15-7-5-13-31(33)37(32-14-6-8-16-34(32)38)27-21-23-29(24-22-27)40-39(28-11-3-2-4-12-28)42-35-17-9-10-18-36(35)43-40/h1-31H;2*2-25H,1H3. The third-order valence-corrected chi connectivity index (χ3v) is 26.5. The normalized spacial score (nSPS) is 11.4. The number of para-hydroxylation sites is 6. The van der Waals surface area contributed by atoms with Gasteiger partial charge in [0.1, 0.15) is 0 Å². The van der Waals surface area contributed by atoms with Crippen LogP contribution in [0.1, 0.15) is 11.3 Å². The minimum atomic E-state index is 0.875. The topological polar surface area (TPSA) is 116 Å². The molecule has 0 bridgehead atoms. The van der Waals surface area contributed by atoms with Crippen molar-refractivity contribution in [2.75, 3.05) is 0 Å². The van der Waals surface area contributed by atoms with E-state index in [1.54, 1.807) is 0 Å². The quantitative estimate of drug-likeness (QED) is 0.104. The highest BCUT2D eigenvalue weighted by Gasteiger charge is 2.25. The first-order valence-electron chi connectivity index (χ1n) is 46.7. The molecular formula is C129H85N9. The van der Waals surface area contributed by atoms with Crippen LogP contribution in [-0.2, 0) is 0 Å². The molecule has 26 rings (SSSR count). The number of pyridine rings is 3. The largest absolute Gasteiger partial charge is 0.264 e. The Balaban J connectivity index is 0.000000113. The van der Waals surface area contributed by atoms with E-state index in [4.69, 9.17) is 34.9 Å². The molecule has 9 heteroatoms. The number of fused-ring (bicyclic) bond motifs is 10. The highest BCUT2D eigenvalue weighted by atomic mass is 14.9. The van der Waals surface area contributed by atoms with Crippen LogP contribution in [0, 0.1) is 13.8 Å². The van der Waals surface area contributed by atoms with Crippen molar-refractivity contribution < 1.29 is 0 Å². The Bertz CT molecular complexity index is 9020. The van der Waals surface area contributed by atoms with Gasteiger partial charge >= 0.3 is 0 Å². The second kappa shape index (κ2) is 36.0. The number of hydrogen-bond acceptors (Lipinski definition) is 9. The van der Waals surface area contributed by atoms with E-state index in [-0.39, 0.29) is 0 Å². The fourth-order valence-electron chi connectivity index (χ4n) is 20.1. The first kappa shape index (κ1) is 82.8. The Labute approximate surface area is 798 Å². The number of hydrogen-bond donors (Lipinski definition) is 0. The van der Waals surface area contributed by atoms with Gasteiger partial charge in [0.15, 0.2) is 0 Å². The van der Waals surface area contributed by atoms with Crippen molar-refractivity contribution in [2.45, 2.75) is 13.8 Å². The van der Waals surface area contributed by atoms with Gasteiger partial charge in [0.25, 0.3) is 0 Å². The molecule has 0 aliphatic rings. The lowest BCUT2D eigenvalue weighted by atomic mass is 9.85. The number of nitrogens with zero attached hydrogens (tertiary/aromatic N) is 9. The van der Waals surface area contributed by atoms with Crippen LogP contribution in [0.25, 0.3) is 254 Å². The van der Waals surface area contributed by atoms with Gasteiger partial charge in [-0.3, -0.25) is 15.0 Å². The molecule has 20 aromatic carbocycles. The van der Waals surface area contributed by atoms with Crippen molar-refractivity contribution in [3.63, 3.8) is 0 Å². The summed E-state index contributed by atoms with van der Waals surface area (Å²) >= 11 is 0. The first-order valence-corrected chi connectivity index (χ1v) is 46.7. The molecule has 0 saturated carbocycles. The van der Waals surface area contributed by atoms with Gasteiger partial charge < -0.3 is 0 Å². The summed E-state index contributed by atoms with van der Waals surface area (Å²) in [5, 5.41) is 17.0. The SMILES string of the molecule is Cc1ccc(-c2c3ccccc3c(-c3ccc(-c4nc5ccccc5nc4-c4ccccc4)cc3)c3ccccc23)cn1.Cc1cncc(-c2c3ccccc3c(-c3ccc(-c4nc5ccccc5nc4-c4ccccc4)cc3)c3ccccc23)c1.c1ccc(-c2nc3ccccc3nc2-c2ccc(-c3c4ccccc4c(-c4cncc(-c5cccc6ccccc56)c4)c4ccccc34)cc2)cc1. The molecule has 138 heavy (non-hydrogen) atoms. The Morgan fingerprint density at radius 2 is 0.384 bits per heavy atom. The molecule has 9 nitrogen and oxygen atoms in total. The Morgan fingerprint density at radius 1 is 0.152 bits per heavy atom. The van der Waals surface area contributed by atoms with Crippen molar-refractivity contribution in [1.29, 1.82) is 0 Å². The third kappa shape index (κ3) is 15.5. The van der Waals surface area contributed by atoms with E-state index in [1.165, 1.54) is 125 Å². The van der Waals surface area contributed by atoms with Crippen LogP contribution < -0.4 is 0 Å². The fraction of sp³-hybridized carbons (Fsp3) is 0.0155.